The summed E-state index contributed by atoms with van der Waals surface area (Å²) in [5.74, 6) is 4.82. The molecule has 0 aromatic rings. The summed E-state index contributed by atoms with van der Waals surface area (Å²) in [7, 11) is 0. The first kappa shape index (κ1) is 10.4. The molecule has 0 aliphatic carbocycles. The first-order valence-electron chi connectivity index (χ1n) is 4.55. The zero-order valence-electron chi connectivity index (χ0n) is 7.86. The number of amides is 1. The van der Waals surface area contributed by atoms with Gasteiger partial charge in [0.25, 0.3) is 0 Å². The molecule has 0 aromatic heterocycles. The Hall–Kier alpha value is -0.650. The van der Waals surface area contributed by atoms with Crippen LogP contribution in [0.5, 0.6) is 0 Å². The number of hydrogen-bond acceptors (Lipinski definition) is 4. The third-order valence-corrected chi connectivity index (χ3v) is 2.46. The number of hydrogen-bond donors (Lipinski definition) is 3. The Kier molecular flexibility index (Phi) is 3.65. The molecular formula is C8H17N3O2. The minimum atomic E-state index is -0.233. The molecule has 1 aliphatic heterocycles. The van der Waals surface area contributed by atoms with E-state index >= 15 is 0 Å². The minimum Gasteiger partial charge on any atom is -0.392 e. The van der Waals surface area contributed by atoms with Crippen LogP contribution in [0.3, 0.4) is 0 Å². The molecule has 2 atom stereocenters. The SMILES string of the molecule is CC(CC(=O)NN)N1CCC(O)C1. The van der Waals surface area contributed by atoms with E-state index in [9.17, 15) is 9.90 Å². The van der Waals surface area contributed by atoms with Crippen molar-refractivity contribution in [3.63, 3.8) is 0 Å². The number of rotatable bonds is 3. The van der Waals surface area contributed by atoms with Crippen LogP contribution in [0.4, 0.5) is 0 Å². The fraction of sp³-hybridized carbons (Fsp3) is 0.875. The Morgan fingerprint density at radius 1 is 1.85 bits per heavy atom. The average molecular weight is 187 g/mol. The van der Waals surface area contributed by atoms with Crippen LogP contribution in [0.15, 0.2) is 0 Å². The molecule has 0 spiro atoms. The lowest BCUT2D eigenvalue weighted by atomic mass is 10.2. The predicted molar refractivity (Wildman–Crippen MR) is 48.6 cm³/mol. The third-order valence-electron chi connectivity index (χ3n) is 2.46. The van der Waals surface area contributed by atoms with Gasteiger partial charge in [-0.1, -0.05) is 0 Å². The number of hydrazine groups is 1. The number of likely N-dealkylation sites (tertiary alicyclic amines) is 1. The second-order valence-corrected chi connectivity index (χ2v) is 3.56. The molecule has 0 radical (unpaired) electrons. The van der Waals surface area contributed by atoms with Crippen molar-refractivity contribution < 1.29 is 9.90 Å². The second-order valence-electron chi connectivity index (χ2n) is 3.56. The van der Waals surface area contributed by atoms with E-state index in [1.807, 2.05) is 6.92 Å². The van der Waals surface area contributed by atoms with Crippen LogP contribution in [-0.4, -0.2) is 41.1 Å². The average Bonchev–Trinajstić information content (AvgIpc) is 2.51. The summed E-state index contributed by atoms with van der Waals surface area (Å²) in [6.45, 7) is 3.49. The molecule has 0 bridgehead atoms. The van der Waals surface area contributed by atoms with Gasteiger partial charge < -0.3 is 5.11 Å². The van der Waals surface area contributed by atoms with Gasteiger partial charge in [0.05, 0.1) is 6.10 Å². The fourth-order valence-electron chi connectivity index (χ4n) is 1.62. The van der Waals surface area contributed by atoms with Crippen molar-refractivity contribution in [2.24, 2.45) is 5.84 Å². The zero-order chi connectivity index (χ0) is 9.84. The van der Waals surface area contributed by atoms with Crippen LogP contribution in [0.25, 0.3) is 0 Å². The maximum absolute atomic E-state index is 10.9. The molecule has 13 heavy (non-hydrogen) atoms. The van der Waals surface area contributed by atoms with Crippen LogP contribution in [-0.2, 0) is 4.79 Å². The van der Waals surface area contributed by atoms with Crippen molar-refractivity contribution >= 4 is 5.91 Å². The monoisotopic (exact) mass is 187 g/mol. The van der Waals surface area contributed by atoms with Gasteiger partial charge in [0.15, 0.2) is 0 Å². The number of β-amino-alcohol motifs (C(OH)–C–C–N with tert-alkyl or cyclic N) is 1. The Morgan fingerprint density at radius 2 is 2.54 bits per heavy atom. The molecule has 76 valence electrons. The van der Waals surface area contributed by atoms with Gasteiger partial charge in [-0.2, -0.15) is 0 Å². The lowest BCUT2D eigenvalue weighted by molar-refractivity contribution is -0.122. The van der Waals surface area contributed by atoms with E-state index in [0.717, 1.165) is 13.0 Å². The summed E-state index contributed by atoms with van der Waals surface area (Å²) in [5.41, 5.74) is 2.10. The van der Waals surface area contributed by atoms with E-state index in [0.29, 0.717) is 13.0 Å². The highest BCUT2D eigenvalue weighted by atomic mass is 16.3. The van der Waals surface area contributed by atoms with Crippen molar-refractivity contribution in [2.45, 2.75) is 31.9 Å². The van der Waals surface area contributed by atoms with E-state index in [-0.39, 0.29) is 18.1 Å². The number of nitrogens with zero attached hydrogens (tertiary/aromatic N) is 1. The quantitative estimate of drug-likeness (QED) is 0.295. The van der Waals surface area contributed by atoms with Crippen molar-refractivity contribution in [2.75, 3.05) is 13.1 Å². The molecule has 0 aromatic carbocycles. The highest BCUT2D eigenvalue weighted by Gasteiger charge is 2.25. The number of carbonyl (C=O) groups is 1. The van der Waals surface area contributed by atoms with Crippen LogP contribution in [0, 0.1) is 0 Å². The number of carbonyl (C=O) groups excluding carboxylic acids is 1. The Labute approximate surface area is 77.9 Å². The van der Waals surface area contributed by atoms with Crippen LogP contribution < -0.4 is 11.3 Å². The Balaban J connectivity index is 2.31. The van der Waals surface area contributed by atoms with E-state index in [2.05, 4.69) is 10.3 Å². The molecule has 2 unspecified atom stereocenters. The first-order valence-corrected chi connectivity index (χ1v) is 4.55. The summed E-state index contributed by atoms with van der Waals surface area (Å²) < 4.78 is 0. The van der Waals surface area contributed by atoms with Crippen molar-refractivity contribution in [3.8, 4) is 0 Å². The van der Waals surface area contributed by atoms with Crippen LogP contribution in [0.2, 0.25) is 0 Å². The minimum absolute atomic E-state index is 0.153. The van der Waals surface area contributed by atoms with Crippen LogP contribution in [0.1, 0.15) is 19.8 Å². The second kappa shape index (κ2) is 4.55. The summed E-state index contributed by atoms with van der Waals surface area (Å²) in [6, 6.07) is 0.153. The topological polar surface area (TPSA) is 78.6 Å². The first-order chi connectivity index (χ1) is 6.13. The van der Waals surface area contributed by atoms with Gasteiger partial charge >= 0.3 is 0 Å². The largest absolute Gasteiger partial charge is 0.392 e. The zero-order valence-corrected chi connectivity index (χ0v) is 7.86. The van der Waals surface area contributed by atoms with E-state index in [1.165, 1.54) is 0 Å². The standard InChI is InChI=1S/C8H17N3O2/c1-6(4-8(13)10-9)11-3-2-7(12)5-11/h6-7,12H,2-5,9H2,1H3,(H,10,13). The van der Waals surface area contributed by atoms with E-state index in [4.69, 9.17) is 5.84 Å². The van der Waals surface area contributed by atoms with Crippen molar-refractivity contribution in [1.82, 2.24) is 10.3 Å². The highest BCUT2D eigenvalue weighted by molar-refractivity contribution is 5.75. The van der Waals surface area contributed by atoms with Gasteiger partial charge in [-0.05, 0) is 13.3 Å². The molecule has 1 heterocycles. The Morgan fingerprint density at radius 3 is 3.00 bits per heavy atom. The molecule has 1 aliphatic rings. The summed E-state index contributed by atoms with van der Waals surface area (Å²) in [6.07, 6.45) is 0.959. The molecule has 4 N–H and O–H groups in total. The van der Waals surface area contributed by atoms with Crippen LogP contribution >= 0.6 is 0 Å². The highest BCUT2D eigenvalue weighted by Crippen LogP contribution is 2.13. The number of aliphatic hydroxyl groups is 1. The molecular weight excluding hydrogens is 170 g/mol. The fourth-order valence-corrected chi connectivity index (χ4v) is 1.62. The smallest absolute Gasteiger partial charge is 0.235 e. The maximum atomic E-state index is 10.9. The molecule has 1 rings (SSSR count). The normalized spacial score (nSPS) is 25.9. The third kappa shape index (κ3) is 2.95. The number of nitrogens with one attached hydrogen (secondary N) is 1. The lowest BCUT2D eigenvalue weighted by Crippen LogP contribution is -2.38. The van der Waals surface area contributed by atoms with E-state index < -0.39 is 0 Å². The van der Waals surface area contributed by atoms with Crippen molar-refractivity contribution in [1.29, 1.82) is 0 Å². The maximum Gasteiger partial charge on any atom is 0.235 e. The van der Waals surface area contributed by atoms with Crippen molar-refractivity contribution in [3.05, 3.63) is 0 Å². The summed E-state index contributed by atoms with van der Waals surface area (Å²) in [5, 5.41) is 9.27. The molecule has 5 heteroatoms. The summed E-state index contributed by atoms with van der Waals surface area (Å²) in [4.78, 5) is 13.0. The van der Waals surface area contributed by atoms with Gasteiger partial charge in [0.2, 0.25) is 5.91 Å². The summed E-state index contributed by atoms with van der Waals surface area (Å²) >= 11 is 0. The van der Waals surface area contributed by atoms with Gasteiger partial charge in [-0.25, -0.2) is 5.84 Å². The lowest BCUT2D eigenvalue weighted by Gasteiger charge is -2.22. The van der Waals surface area contributed by atoms with Gasteiger partial charge in [0.1, 0.15) is 0 Å². The van der Waals surface area contributed by atoms with Gasteiger partial charge in [-0.15, -0.1) is 0 Å². The molecule has 1 amide bonds. The molecule has 1 saturated heterocycles. The number of aliphatic hydroxyl groups excluding tert-OH is 1. The van der Waals surface area contributed by atoms with Gasteiger partial charge in [0, 0.05) is 25.6 Å². The molecule has 5 nitrogen and oxygen atoms in total. The predicted octanol–water partition coefficient (Wildman–Crippen LogP) is -1.18. The van der Waals surface area contributed by atoms with Gasteiger partial charge in [-0.3, -0.25) is 15.1 Å². The molecule has 0 saturated carbocycles. The van der Waals surface area contributed by atoms with E-state index in [1.54, 1.807) is 0 Å². The number of nitrogens with two attached hydrogens (primary N) is 1. The Bertz CT molecular complexity index is 186. The molecule has 1 fully saturated rings.